The molecule has 0 amide bonds. The Balaban J connectivity index is 1.85. The van der Waals surface area contributed by atoms with E-state index in [-0.39, 0.29) is 59.0 Å². The van der Waals surface area contributed by atoms with Crippen molar-refractivity contribution in [3.63, 3.8) is 0 Å². The van der Waals surface area contributed by atoms with Gasteiger partial charge in [-0.2, -0.15) is 43.8 Å². The normalized spacial score (nSPS) is 15.7. The van der Waals surface area contributed by atoms with Crippen LogP contribution in [0.5, 0.6) is 5.75 Å². The minimum atomic E-state index is -6.58. The van der Waals surface area contributed by atoms with E-state index in [1.165, 1.54) is 46.6 Å². The quantitative estimate of drug-likeness (QED) is 0.214. The van der Waals surface area contributed by atoms with Gasteiger partial charge in [-0.1, -0.05) is 24.3 Å². The van der Waals surface area contributed by atoms with Crippen LogP contribution in [-0.2, 0) is 25.2 Å². The smallest absolute Gasteiger partial charge is 0.490 e. The van der Waals surface area contributed by atoms with Crippen molar-refractivity contribution < 1.29 is 62.2 Å². The van der Waals surface area contributed by atoms with Gasteiger partial charge in [0, 0.05) is 43.0 Å². The number of piperazine rings is 1. The molecule has 0 bridgehead atoms. The molecule has 0 radical (unpaired) electrons. The lowest BCUT2D eigenvalue weighted by molar-refractivity contribution is -0.382. The van der Waals surface area contributed by atoms with Crippen molar-refractivity contribution in [3.05, 3.63) is 65.5 Å². The van der Waals surface area contributed by atoms with Crippen LogP contribution in [0.2, 0.25) is 0 Å². The Morgan fingerprint density at radius 1 is 0.841 bits per heavy atom. The molecular weight excluding hydrogens is 655 g/mol. The molecule has 44 heavy (non-hydrogen) atoms. The molecule has 240 valence electrons. The molecule has 0 N–H and O–H groups in total. The molecule has 1 aromatic heterocycles. The number of ether oxygens (including phenoxy) is 2. The molecule has 0 unspecified atom stereocenters. The summed E-state index contributed by atoms with van der Waals surface area (Å²) in [6.45, 7) is -0.295. The minimum Gasteiger partial charge on any atom is -0.497 e. The third kappa shape index (κ3) is 6.19. The number of halogens is 9. The van der Waals surface area contributed by atoms with Gasteiger partial charge in [0.05, 0.1) is 7.11 Å². The van der Waals surface area contributed by atoms with E-state index < -0.39 is 45.7 Å². The Bertz CT molecular complexity index is 1580. The molecule has 1 aliphatic rings. The Labute approximate surface area is 248 Å². The van der Waals surface area contributed by atoms with Gasteiger partial charge in [-0.3, -0.25) is 0 Å². The Hall–Kier alpha value is -3.51. The fourth-order valence-corrected chi connectivity index (χ4v) is 7.19. The number of hydrogen-bond acceptors (Lipinski definition) is 7. The SMILES string of the molecule is COc1cccc(-c2cc(C(OC(=O)C(F)(F)F)(C(F)(F)F)C(F)(F)F)ccc2N2CCN(S(=O)(=O)c3cccs3)CC2)c1. The number of benzene rings is 2. The second-order valence-electron chi connectivity index (χ2n) is 9.35. The van der Waals surface area contributed by atoms with Gasteiger partial charge in [0.25, 0.3) is 10.0 Å². The summed E-state index contributed by atoms with van der Waals surface area (Å²) in [5.41, 5.74) is -7.79. The van der Waals surface area contributed by atoms with Crippen LogP contribution in [0.3, 0.4) is 0 Å². The Morgan fingerprint density at radius 2 is 1.48 bits per heavy atom. The summed E-state index contributed by atoms with van der Waals surface area (Å²) in [5, 5.41) is 1.57. The van der Waals surface area contributed by atoms with Crippen LogP contribution in [0.25, 0.3) is 11.1 Å². The number of anilines is 1. The average molecular weight is 677 g/mol. The molecule has 4 rings (SSSR count). The standard InChI is InChI=1S/C26H21F9N2O5S2/c1-41-18-5-2-4-16(14-18)19-15-17(23(25(30,31)32,26(33,34)35)42-22(38)24(27,28)29)7-8-20(19)36-9-11-37(12-10-36)44(39,40)21-6-3-13-43-21/h2-8,13-15H,9-12H2,1H3. The molecule has 0 saturated carbocycles. The molecule has 7 nitrogen and oxygen atoms in total. The predicted octanol–water partition coefficient (Wildman–Crippen LogP) is 6.36. The molecule has 2 heterocycles. The van der Waals surface area contributed by atoms with Gasteiger partial charge in [-0.05, 0) is 41.3 Å². The average Bonchev–Trinajstić information content (AvgIpc) is 3.50. The van der Waals surface area contributed by atoms with Crippen molar-refractivity contribution in [3.8, 4) is 16.9 Å². The second kappa shape index (κ2) is 11.8. The molecule has 1 saturated heterocycles. The first-order valence-electron chi connectivity index (χ1n) is 12.3. The summed E-state index contributed by atoms with van der Waals surface area (Å²) in [7, 11) is -2.61. The first kappa shape index (κ1) is 33.4. The van der Waals surface area contributed by atoms with Gasteiger partial charge in [0.15, 0.2) is 0 Å². The molecule has 3 aromatic rings. The van der Waals surface area contributed by atoms with E-state index in [0.717, 1.165) is 17.4 Å². The zero-order valence-corrected chi connectivity index (χ0v) is 23.9. The van der Waals surface area contributed by atoms with E-state index in [4.69, 9.17) is 4.74 Å². The van der Waals surface area contributed by atoms with Gasteiger partial charge in [0.1, 0.15) is 9.96 Å². The number of carbonyl (C=O) groups excluding carboxylic acids is 1. The molecule has 0 spiro atoms. The van der Waals surface area contributed by atoms with Crippen molar-refractivity contribution >= 4 is 33.0 Å². The highest BCUT2D eigenvalue weighted by molar-refractivity contribution is 7.91. The highest BCUT2D eigenvalue weighted by Crippen LogP contribution is 2.54. The maximum absolute atomic E-state index is 14.2. The highest BCUT2D eigenvalue weighted by atomic mass is 32.2. The van der Waals surface area contributed by atoms with Gasteiger partial charge < -0.3 is 14.4 Å². The number of esters is 1. The summed E-state index contributed by atoms with van der Waals surface area (Å²) in [6.07, 6.45) is -19.3. The van der Waals surface area contributed by atoms with Crippen molar-refractivity contribution in [1.29, 1.82) is 0 Å². The van der Waals surface area contributed by atoms with Crippen LogP contribution >= 0.6 is 11.3 Å². The number of methoxy groups -OCH3 is 1. The third-order valence-electron chi connectivity index (χ3n) is 6.73. The number of alkyl halides is 9. The summed E-state index contributed by atoms with van der Waals surface area (Å²) in [6, 6.07) is 9.79. The lowest BCUT2D eigenvalue weighted by atomic mass is 9.88. The summed E-state index contributed by atoms with van der Waals surface area (Å²) < 4.78 is 160. The maximum atomic E-state index is 14.2. The number of hydrogen-bond donors (Lipinski definition) is 0. The maximum Gasteiger partial charge on any atom is 0.490 e. The van der Waals surface area contributed by atoms with Gasteiger partial charge in [0.2, 0.25) is 0 Å². The van der Waals surface area contributed by atoms with Gasteiger partial charge >= 0.3 is 30.1 Å². The van der Waals surface area contributed by atoms with Crippen LogP contribution in [0.4, 0.5) is 45.2 Å². The van der Waals surface area contributed by atoms with Gasteiger partial charge in [-0.15, -0.1) is 11.3 Å². The second-order valence-corrected chi connectivity index (χ2v) is 12.5. The first-order chi connectivity index (χ1) is 20.3. The van der Waals surface area contributed by atoms with E-state index >= 15 is 0 Å². The lowest BCUT2D eigenvalue weighted by Crippen LogP contribution is -2.58. The first-order valence-corrected chi connectivity index (χ1v) is 14.7. The fourth-order valence-electron chi connectivity index (χ4n) is 4.62. The van der Waals surface area contributed by atoms with Gasteiger partial charge in [-0.25, -0.2) is 13.2 Å². The Kier molecular flexibility index (Phi) is 8.93. The van der Waals surface area contributed by atoms with Crippen molar-refractivity contribution in [1.82, 2.24) is 4.31 Å². The number of thiophene rings is 1. The molecular formula is C26H21F9N2O5S2. The molecule has 0 aliphatic carbocycles. The van der Waals surface area contributed by atoms with Crippen LogP contribution in [-0.4, -0.2) is 70.5 Å². The predicted molar refractivity (Wildman–Crippen MR) is 140 cm³/mol. The Morgan fingerprint density at radius 3 is 2.00 bits per heavy atom. The van der Waals surface area contributed by atoms with Crippen LogP contribution in [0, 0.1) is 0 Å². The number of carbonyl (C=O) groups is 1. The largest absolute Gasteiger partial charge is 0.497 e. The molecule has 0 atom stereocenters. The topological polar surface area (TPSA) is 76.2 Å². The third-order valence-corrected chi connectivity index (χ3v) is 10.00. The minimum absolute atomic E-state index is 0.00948. The monoisotopic (exact) mass is 676 g/mol. The van der Waals surface area contributed by atoms with E-state index in [1.54, 1.807) is 11.4 Å². The molecule has 2 aromatic carbocycles. The number of rotatable bonds is 7. The highest BCUT2D eigenvalue weighted by Gasteiger charge is 2.76. The van der Waals surface area contributed by atoms with Crippen molar-refractivity contribution in [2.45, 2.75) is 28.3 Å². The lowest BCUT2D eigenvalue weighted by Gasteiger charge is -2.39. The zero-order chi connectivity index (χ0) is 32.7. The number of nitrogens with zero attached hydrogens (tertiary/aromatic N) is 2. The zero-order valence-electron chi connectivity index (χ0n) is 22.3. The van der Waals surface area contributed by atoms with E-state index in [1.807, 2.05) is 0 Å². The van der Waals surface area contributed by atoms with E-state index in [2.05, 4.69) is 4.74 Å². The molecule has 18 heteroatoms. The summed E-state index contributed by atoms with van der Waals surface area (Å²) >= 11 is 0.992. The van der Waals surface area contributed by atoms with Crippen molar-refractivity contribution in [2.24, 2.45) is 0 Å². The summed E-state index contributed by atoms with van der Waals surface area (Å²) in [5.74, 6) is -3.55. The van der Waals surface area contributed by atoms with Crippen LogP contribution in [0.15, 0.2) is 64.2 Å². The van der Waals surface area contributed by atoms with Crippen molar-refractivity contribution in [2.75, 3.05) is 38.2 Å². The molecule has 1 aliphatic heterocycles. The number of sulfonamides is 1. The van der Waals surface area contributed by atoms with Crippen LogP contribution in [0.1, 0.15) is 5.56 Å². The van der Waals surface area contributed by atoms with E-state index in [9.17, 15) is 52.7 Å². The van der Waals surface area contributed by atoms with Crippen LogP contribution < -0.4 is 9.64 Å². The summed E-state index contributed by atoms with van der Waals surface area (Å²) in [4.78, 5) is 13.0. The fraction of sp³-hybridized carbons (Fsp3) is 0.346. The van der Waals surface area contributed by atoms with E-state index in [0.29, 0.717) is 6.07 Å². The molecule has 1 fully saturated rings.